The number of anilines is 1. The summed E-state index contributed by atoms with van der Waals surface area (Å²) in [5, 5.41) is 3.43. The van der Waals surface area contributed by atoms with Gasteiger partial charge in [0.05, 0.1) is 12.2 Å². The molecule has 1 atom stereocenters. The van der Waals surface area contributed by atoms with Gasteiger partial charge >= 0.3 is 5.97 Å². The van der Waals surface area contributed by atoms with Crippen molar-refractivity contribution >= 4 is 11.7 Å². The Balaban J connectivity index is 1.76. The Labute approximate surface area is 108 Å². The van der Waals surface area contributed by atoms with Gasteiger partial charge in [-0.05, 0) is 37.9 Å². The Morgan fingerprint density at radius 3 is 2.94 bits per heavy atom. The summed E-state index contributed by atoms with van der Waals surface area (Å²) in [4.78, 5) is 11.8. The predicted molar refractivity (Wildman–Crippen MR) is 71.4 cm³/mol. The SMILES string of the molecule is Nc1ccccc1C(=O)OCC[C@@H]1CCCCN1. The average Bonchev–Trinajstić information content (AvgIpc) is 2.40. The molecule has 1 aliphatic heterocycles. The van der Waals surface area contributed by atoms with Gasteiger partial charge in [0.1, 0.15) is 0 Å². The van der Waals surface area contributed by atoms with Crippen molar-refractivity contribution in [2.75, 3.05) is 18.9 Å². The van der Waals surface area contributed by atoms with E-state index in [1.807, 2.05) is 0 Å². The largest absolute Gasteiger partial charge is 0.462 e. The van der Waals surface area contributed by atoms with Gasteiger partial charge in [0.25, 0.3) is 0 Å². The van der Waals surface area contributed by atoms with Crippen LogP contribution in [-0.4, -0.2) is 25.2 Å². The van der Waals surface area contributed by atoms with Crippen molar-refractivity contribution in [2.45, 2.75) is 31.7 Å². The number of nitrogens with two attached hydrogens (primary N) is 1. The number of rotatable bonds is 4. The zero-order chi connectivity index (χ0) is 12.8. The number of piperidine rings is 1. The summed E-state index contributed by atoms with van der Waals surface area (Å²) in [6.45, 7) is 1.52. The maximum Gasteiger partial charge on any atom is 0.340 e. The van der Waals surface area contributed by atoms with E-state index in [1.54, 1.807) is 24.3 Å². The summed E-state index contributed by atoms with van der Waals surface area (Å²) in [5.74, 6) is -0.330. The molecule has 18 heavy (non-hydrogen) atoms. The number of ether oxygens (including phenoxy) is 1. The van der Waals surface area contributed by atoms with E-state index in [9.17, 15) is 4.79 Å². The van der Waals surface area contributed by atoms with Gasteiger partial charge in [0, 0.05) is 11.7 Å². The zero-order valence-electron chi connectivity index (χ0n) is 10.5. The lowest BCUT2D eigenvalue weighted by Gasteiger charge is -2.23. The third-order valence-corrected chi connectivity index (χ3v) is 3.29. The van der Waals surface area contributed by atoms with Crippen LogP contribution < -0.4 is 11.1 Å². The van der Waals surface area contributed by atoms with Gasteiger partial charge in [0.15, 0.2) is 0 Å². The minimum atomic E-state index is -0.330. The molecule has 1 aliphatic rings. The number of esters is 1. The summed E-state index contributed by atoms with van der Waals surface area (Å²) in [7, 11) is 0. The van der Waals surface area contributed by atoms with Crippen molar-refractivity contribution in [3.63, 3.8) is 0 Å². The second kappa shape index (κ2) is 6.40. The van der Waals surface area contributed by atoms with Crippen molar-refractivity contribution in [2.24, 2.45) is 0 Å². The summed E-state index contributed by atoms with van der Waals surface area (Å²) >= 11 is 0. The second-order valence-corrected chi connectivity index (χ2v) is 4.66. The molecule has 0 amide bonds. The smallest absolute Gasteiger partial charge is 0.340 e. The minimum Gasteiger partial charge on any atom is -0.462 e. The van der Waals surface area contributed by atoms with Crippen LogP contribution in [0.1, 0.15) is 36.0 Å². The number of nitrogen functional groups attached to an aromatic ring is 1. The first-order valence-corrected chi connectivity index (χ1v) is 6.52. The molecule has 1 saturated heterocycles. The standard InChI is InChI=1S/C14H20N2O2/c15-13-7-2-1-6-12(13)14(17)18-10-8-11-5-3-4-9-16-11/h1-2,6-7,11,16H,3-5,8-10,15H2/t11-/m0/s1. The van der Waals surface area contributed by atoms with Crippen molar-refractivity contribution < 1.29 is 9.53 Å². The van der Waals surface area contributed by atoms with Crippen molar-refractivity contribution in [1.29, 1.82) is 0 Å². The van der Waals surface area contributed by atoms with Gasteiger partial charge in [0.2, 0.25) is 0 Å². The van der Waals surface area contributed by atoms with Crippen LogP contribution in [0.5, 0.6) is 0 Å². The maximum absolute atomic E-state index is 11.8. The number of carbonyl (C=O) groups excluding carboxylic acids is 1. The monoisotopic (exact) mass is 248 g/mol. The minimum absolute atomic E-state index is 0.330. The molecule has 0 aromatic heterocycles. The quantitative estimate of drug-likeness (QED) is 0.631. The molecule has 0 radical (unpaired) electrons. The molecule has 1 fully saturated rings. The Morgan fingerprint density at radius 1 is 1.39 bits per heavy atom. The molecule has 1 heterocycles. The summed E-state index contributed by atoms with van der Waals surface area (Å²) in [5.41, 5.74) is 6.65. The highest BCUT2D eigenvalue weighted by molar-refractivity contribution is 5.94. The molecular formula is C14H20N2O2. The van der Waals surface area contributed by atoms with E-state index in [4.69, 9.17) is 10.5 Å². The lowest BCUT2D eigenvalue weighted by molar-refractivity contribution is 0.0487. The average molecular weight is 248 g/mol. The van der Waals surface area contributed by atoms with Gasteiger partial charge < -0.3 is 15.8 Å². The van der Waals surface area contributed by atoms with Crippen molar-refractivity contribution in [3.05, 3.63) is 29.8 Å². The zero-order valence-corrected chi connectivity index (χ0v) is 10.5. The van der Waals surface area contributed by atoms with Gasteiger partial charge in [-0.25, -0.2) is 4.79 Å². The first-order chi connectivity index (χ1) is 8.77. The molecule has 3 N–H and O–H groups in total. The number of hydrogen-bond acceptors (Lipinski definition) is 4. The maximum atomic E-state index is 11.8. The summed E-state index contributed by atoms with van der Waals surface area (Å²) in [6.07, 6.45) is 4.55. The van der Waals surface area contributed by atoms with Gasteiger partial charge in [-0.2, -0.15) is 0 Å². The molecule has 2 rings (SSSR count). The van der Waals surface area contributed by atoms with Crippen LogP contribution in [0.4, 0.5) is 5.69 Å². The third-order valence-electron chi connectivity index (χ3n) is 3.29. The van der Waals surface area contributed by atoms with Crippen LogP contribution in [-0.2, 0) is 4.74 Å². The Bertz CT molecular complexity index is 401. The van der Waals surface area contributed by atoms with Gasteiger partial charge in [-0.15, -0.1) is 0 Å². The van der Waals surface area contributed by atoms with Gasteiger partial charge in [-0.3, -0.25) is 0 Å². The van der Waals surface area contributed by atoms with Crippen molar-refractivity contribution in [1.82, 2.24) is 5.32 Å². The normalized spacial score (nSPS) is 19.4. The van der Waals surface area contributed by atoms with E-state index in [0.717, 1.165) is 13.0 Å². The van der Waals surface area contributed by atoms with Crippen LogP contribution in [0.2, 0.25) is 0 Å². The van der Waals surface area contributed by atoms with E-state index < -0.39 is 0 Å². The van der Waals surface area contributed by atoms with E-state index in [-0.39, 0.29) is 5.97 Å². The van der Waals surface area contributed by atoms with Gasteiger partial charge in [-0.1, -0.05) is 18.6 Å². The van der Waals surface area contributed by atoms with E-state index >= 15 is 0 Å². The highest BCUT2D eigenvalue weighted by Crippen LogP contribution is 2.13. The van der Waals surface area contributed by atoms with Crippen LogP contribution in [0.25, 0.3) is 0 Å². The predicted octanol–water partition coefficient (Wildman–Crippen LogP) is 1.96. The fraction of sp³-hybridized carbons (Fsp3) is 0.500. The molecule has 0 spiro atoms. The topological polar surface area (TPSA) is 64.4 Å². The fourth-order valence-corrected chi connectivity index (χ4v) is 2.22. The highest BCUT2D eigenvalue weighted by atomic mass is 16.5. The molecule has 0 aliphatic carbocycles. The molecular weight excluding hydrogens is 228 g/mol. The highest BCUT2D eigenvalue weighted by Gasteiger charge is 2.14. The summed E-state index contributed by atoms with van der Waals surface area (Å²) < 4.78 is 5.25. The number of hydrogen-bond donors (Lipinski definition) is 2. The second-order valence-electron chi connectivity index (χ2n) is 4.66. The number of nitrogens with one attached hydrogen (secondary N) is 1. The first kappa shape index (κ1) is 12.9. The van der Waals surface area contributed by atoms with Crippen LogP contribution in [0.15, 0.2) is 24.3 Å². The molecule has 98 valence electrons. The molecule has 1 aromatic rings. The Kier molecular flexibility index (Phi) is 4.59. The van der Waals surface area contributed by atoms with E-state index in [0.29, 0.717) is 23.9 Å². The molecule has 1 aromatic carbocycles. The molecule has 4 heteroatoms. The number of para-hydroxylation sites is 1. The van der Waals surface area contributed by atoms with Crippen LogP contribution in [0, 0.1) is 0 Å². The molecule has 4 nitrogen and oxygen atoms in total. The number of carbonyl (C=O) groups is 1. The van der Waals surface area contributed by atoms with Crippen LogP contribution >= 0.6 is 0 Å². The van der Waals surface area contributed by atoms with E-state index in [1.165, 1.54) is 19.3 Å². The fourth-order valence-electron chi connectivity index (χ4n) is 2.22. The molecule has 0 unspecified atom stereocenters. The third kappa shape index (κ3) is 3.47. The lowest BCUT2D eigenvalue weighted by atomic mass is 10.0. The molecule has 0 saturated carbocycles. The Morgan fingerprint density at radius 2 is 2.22 bits per heavy atom. The summed E-state index contributed by atoms with van der Waals surface area (Å²) in [6, 6.07) is 7.48. The number of benzene rings is 1. The lowest BCUT2D eigenvalue weighted by Crippen LogP contribution is -2.35. The Hall–Kier alpha value is -1.55. The van der Waals surface area contributed by atoms with Crippen molar-refractivity contribution in [3.8, 4) is 0 Å². The molecule has 0 bridgehead atoms. The first-order valence-electron chi connectivity index (χ1n) is 6.52. The van der Waals surface area contributed by atoms with E-state index in [2.05, 4.69) is 5.32 Å². The van der Waals surface area contributed by atoms with Crippen LogP contribution in [0.3, 0.4) is 0 Å².